The summed E-state index contributed by atoms with van der Waals surface area (Å²) in [5, 5.41) is 0. The third-order valence-electron chi connectivity index (χ3n) is 2.64. The molecule has 0 bridgehead atoms. The average molecular weight is 217 g/mol. The van der Waals surface area contributed by atoms with E-state index in [2.05, 4.69) is 36.2 Å². The van der Waals surface area contributed by atoms with Gasteiger partial charge in [0.15, 0.2) is 0 Å². The normalized spacial score (nSPS) is 11.1. The molecule has 0 atom stereocenters. The SMILES string of the molecule is CCCC/C=C\CCCc1cccc(C)n1. The Labute approximate surface area is 99.6 Å². The summed E-state index contributed by atoms with van der Waals surface area (Å²) in [6, 6.07) is 6.26. The van der Waals surface area contributed by atoms with Crippen LogP contribution in [0.1, 0.15) is 50.4 Å². The van der Waals surface area contributed by atoms with E-state index in [1.807, 2.05) is 13.0 Å². The Morgan fingerprint density at radius 1 is 1.12 bits per heavy atom. The fourth-order valence-electron chi connectivity index (χ4n) is 1.70. The summed E-state index contributed by atoms with van der Waals surface area (Å²) < 4.78 is 0. The maximum Gasteiger partial charge on any atom is 0.0406 e. The summed E-state index contributed by atoms with van der Waals surface area (Å²) in [6.07, 6.45) is 11.9. The first-order valence-corrected chi connectivity index (χ1v) is 6.40. The molecule has 0 aromatic carbocycles. The number of hydrogen-bond acceptors (Lipinski definition) is 1. The summed E-state index contributed by atoms with van der Waals surface area (Å²) in [4.78, 5) is 4.50. The summed E-state index contributed by atoms with van der Waals surface area (Å²) in [5.41, 5.74) is 2.35. The van der Waals surface area contributed by atoms with Gasteiger partial charge >= 0.3 is 0 Å². The minimum absolute atomic E-state index is 1.10. The molecule has 1 heterocycles. The second-order valence-electron chi connectivity index (χ2n) is 4.28. The average Bonchev–Trinajstić information content (AvgIpc) is 2.28. The highest BCUT2D eigenvalue weighted by Crippen LogP contribution is 2.05. The Bertz CT molecular complexity index is 315. The molecule has 88 valence electrons. The number of rotatable bonds is 7. The fraction of sp³-hybridized carbons (Fsp3) is 0.533. The van der Waals surface area contributed by atoms with Crippen molar-refractivity contribution in [3.63, 3.8) is 0 Å². The van der Waals surface area contributed by atoms with Crippen molar-refractivity contribution in [2.75, 3.05) is 0 Å². The van der Waals surface area contributed by atoms with Crippen LogP contribution in [-0.2, 0) is 6.42 Å². The monoisotopic (exact) mass is 217 g/mol. The fourth-order valence-corrected chi connectivity index (χ4v) is 1.70. The molecular weight excluding hydrogens is 194 g/mol. The Morgan fingerprint density at radius 2 is 1.88 bits per heavy atom. The summed E-state index contributed by atoms with van der Waals surface area (Å²) in [6.45, 7) is 4.28. The van der Waals surface area contributed by atoms with Crippen molar-refractivity contribution >= 4 is 0 Å². The maximum absolute atomic E-state index is 4.50. The van der Waals surface area contributed by atoms with Gasteiger partial charge in [0.05, 0.1) is 0 Å². The molecule has 0 aliphatic rings. The van der Waals surface area contributed by atoms with Gasteiger partial charge < -0.3 is 0 Å². The van der Waals surface area contributed by atoms with E-state index in [0.717, 1.165) is 12.1 Å². The van der Waals surface area contributed by atoms with Gasteiger partial charge in [0, 0.05) is 11.4 Å². The number of aryl methyl sites for hydroxylation is 2. The Morgan fingerprint density at radius 3 is 2.56 bits per heavy atom. The Hall–Kier alpha value is -1.11. The van der Waals surface area contributed by atoms with E-state index in [4.69, 9.17) is 0 Å². The van der Waals surface area contributed by atoms with Gasteiger partial charge in [0.25, 0.3) is 0 Å². The van der Waals surface area contributed by atoms with E-state index in [9.17, 15) is 0 Å². The van der Waals surface area contributed by atoms with Gasteiger partial charge in [-0.15, -0.1) is 0 Å². The van der Waals surface area contributed by atoms with Crippen molar-refractivity contribution in [3.05, 3.63) is 41.7 Å². The van der Waals surface area contributed by atoms with E-state index < -0.39 is 0 Å². The van der Waals surface area contributed by atoms with Crippen molar-refractivity contribution in [2.24, 2.45) is 0 Å². The highest BCUT2D eigenvalue weighted by atomic mass is 14.7. The molecule has 0 saturated carbocycles. The van der Waals surface area contributed by atoms with Crippen molar-refractivity contribution in [1.82, 2.24) is 4.98 Å². The molecule has 0 aliphatic carbocycles. The molecule has 0 radical (unpaired) electrons. The molecule has 0 aliphatic heterocycles. The predicted molar refractivity (Wildman–Crippen MR) is 70.6 cm³/mol. The van der Waals surface area contributed by atoms with Gasteiger partial charge in [-0.3, -0.25) is 4.98 Å². The lowest BCUT2D eigenvalue weighted by atomic mass is 10.1. The van der Waals surface area contributed by atoms with Crippen LogP contribution in [0.4, 0.5) is 0 Å². The maximum atomic E-state index is 4.50. The zero-order valence-electron chi connectivity index (χ0n) is 10.6. The molecule has 0 N–H and O–H groups in total. The standard InChI is InChI=1S/C15H23N/c1-3-4-5-6-7-8-9-12-15-13-10-11-14(2)16-15/h6-7,10-11,13H,3-5,8-9,12H2,1-2H3/b7-6-. The van der Waals surface area contributed by atoms with Crippen LogP contribution >= 0.6 is 0 Å². The van der Waals surface area contributed by atoms with Crippen LogP contribution in [0.2, 0.25) is 0 Å². The number of pyridine rings is 1. The third-order valence-corrected chi connectivity index (χ3v) is 2.64. The lowest BCUT2D eigenvalue weighted by Gasteiger charge is -1.99. The molecule has 1 aromatic rings. The molecule has 0 amide bonds. The minimum atomic E-state index is 1.10. The Kier molecular flexibility index (Phi) is 6.55. The van der Waals surface area contributed by atoms with Crippen molar-refractivity contribution < 1.29 is 0 Å². The molecule has 0 saturated heterocycles. The van der Waals surface area contributed by atoms with Crippen LogP contribution in [0.3, 0.4) is 0 Å². The largest absolute Gasteiger partial charge is 0.258 e. The van der Waals surface area contributed by atoms with E-state index in [-0.39, 0.29) is 0 Å². The molecule has 0 unspecified atom stereocenters. The van der Waals surface area contributed by atoms with Crippen LogP contribution in [0, 0.1) is 6.92 Å². The van der Waals surface area contributed by atoms with E-state index in [1.165, 1.54) is 37.8 Å². The van der Waals surface area contributed by atoms with E-state index in [0.29, 0.717) is 0 Å². The summed E-state index contributed by atoms with van der Waals surface area (Å²) in [5.74, 6) is 0. The van der Waals surface area contributed by atoms with Gasteiger partial charge in [-0.05, 0) is 44.7 Å². The second kappa shape index (κ2) is 8.09. The van der Waals surface area contributed by atoms with Gasteiger partial charge in [-0.1, -0.05) is 38.0 Å². The number of hydrogen-bond donors (Lipinski definition) is 0. The lowest BCUT2D eigenvalue weighted by Crippen LogP contribution is -1.91. The minimum Gasteiger partial charge on any atom is -0.258 e. The van der Waals surface area contributed by atoms with Crippen LogP contribution in [0.5, 0.6) is 0 Å². The third kappa shape index (κ3) is 5.69. The molecular formula is C15H23N. The smallest absolute Gasteiger partial charge is 0.0406 e. The Balaban J connectivity index is 2.13. The first kappa shape index (κ1) is 13.0. The highest BCUT2D eigenvalue weighted by molar-refractivity contribution is 5.09. The molecule has 1 heteroatoms. The van der Waals surface area contributed by atoms with E-state index >= 15 is 0 Å². The van der Waals surface area contributed by atoms with Gasteiger partial charge in [0.1, 0.15) is 0 Å². The highest BCUT2D eigenvalue weighted by Gasteiger charge is 1.93. The number of nitrogens with zero attached hydrogens (tertiary/aromatic N) is 1. The first-order valence-electron chi connectivity index (χ1n) is 6.40. The van der Waals surface area contributed by atoms with Gasteiger partial charge in [-0.25, -0.2) is 0 Å². The molecule has 16 heavy (non-hydrogen) atoms. The van der Waals surface area contributed by atoms with Crippen molar-refractivity contribution in [2.45, 2.75) is 52.4 Å². The molecule has 0 spiro atoms. The van der Waals surface area contributed by atoms with E-state index in [1.54, 1.807) is 0 Å². The molecule has 0 fully saturated rings. The number of aromatic nitrogens is 1. The van der Waals surface area contributed by atoms with Crippen molar-refractivity contribution in [1.29, 1.82) is 0 Å². The van der Waals surface area contributed by atoms with Crippen molar-refractivity contribution in [3.8, 4) is 0 Å². The lowest BCUT2D eigenvalue weighted by molar-refractivity contribution is 0.793. The summed E-state index contributed by atoms with van der Waals surface area (Å²) in [7, 11) is 0. The topological polar surface area (TPSA) is 12.9 Å². The zero-order chi connectivity index (χ0) is 11.6. The van der Waals surface area contributed by atoms with Gasteiger partial charge in [-0.2, -0.15) is 0 Å². The van der Waals surface area contributed by atoms with Crippen LogP contribution in [0.25, 0.3) is 0 Å². The number of unbranched alkanes of at least 4 members (excludes halogenated alkanes) is 3. The zero-order valence-corrected chi connectivity index (χ0v) is 10.6. The molecule has 1 nitrogen and oxygen atoms in total. The van der Waals surface area contributed by atoms with Crippen LogP contribution < -0.4 is 0 Å². The molecule has 1 rings (SSSR count). The quantitative estimate of drug-likeness (QED) is 0.485. The first-order chi connectivity index (χ1) is 7.83. The van der Waals surface area contributed by atoms with Crippen LogP contribution in [0.15, 0.2) is 30.4 Å². The number of allylic oxidation sites excluding steroid dienone is 2. The van der Waals surface area contributed by atoms with Gasteiger partial charge in [0.2, 0.25) is 0 Å². The predicted octanol–water partition coefficient (Wildman–Crippen LogP) is 4.46. The van der Waals surface area contributed by atoms with Crippen LogP contribution in [-0.4, -0.2) is 4.98 Å². The summed E-state index contributed by atoms with van der Waals surface area (Å²) >= 11 is 0. The molecule has 1 aromatic heterocycles. The second-order valence-corrected chi connectivity index (χ2v) is 4.28.